The number of hydrogen-bond donors (Lipinski definition) is 2. The zero-order chi connectivity index (χ0) is 22.5. The van der Waals surface area contributed by atoms with Crippen LogP contribution in [-0.2, 0) is 4.74 Å². The maximum Gasteiger partial charge on any atom is 0.391 e. The molecule has 0 saturated heterocycles. The lowest BCUT2D eigenvalue weighted by Gasteiger charge is -2.30. The molecule has 1 aromatic heterocycles. The van der Waals surface area contributed by atoms with E-state index in [9.17, 15) is 28.1 Å². The minimum absolute atomic E-state index is 0.00139. The molecule has 2 rings (SSSR count). The first kappa shape index (κ1) is 23.6. The van der Waals surface area contributed by atoms with Gasteiger partial charge in [-0.15, -0.1) is 0 Å². The molecule has 0 radical (unpaired) electrons. The molecule has 0 atom stereocenters. The number of ether oxygens (including phenoxy) is 1. The van der Waals surface area contributed by atoms with Gasteiger partial charge in [-0.1, -0.05) is 0 Å². The molecule has 1 aromatic rings. The van der Waals surface area contributed by atoms with E-state index in [4.69, 9.17) is 4.74 Å². The number of nitro groups is 1. The Morgan fingerprint density at radius 3 is 2.50 bits per heavy atom. The maximum atomic E-state index is 12.9. The smallest absolute Gasteiger partial charge is 0.383 e. The summed E-state index contributed by atoms with van der Waals surface area (Å²) >= 11 is 0. The standard InChI is InChI=1S/C18H26F3N5O4/c1-22-15-14(26(28)29)10-13(16(24-15)25(2)8-9-30-3)17(27)23-12-6-4-11(5-7-12)18(19,20)21/h10-12H,4-9H2,1-3H3,(H,22,24)(H,23,27). The maximum absolute atomic E-state index is 12.9. The molecule has 1 heterocycles. The van der Waals surface area contributed by atoms with Gasteiger partial charge in [-0.2, -0.15) is 13.2 Å². The summed E-state index contributed by atoms with van der Waals surface area (Å²) in [5.41, 5.74) is -0.385. The number of anilines is 2. The van der Waals surface area contributed by atoms with E-state index in [0.717, 1.165) is 6.07 Å². The molecule has 9 nitrogen and oxygen atoms in total. The number of hydrogen-bond acceptors (Lipinski definition) is 7. The predicted octanol–water partition coefficient (Wildman–Crippen LogP) is 2.97. The molecule has 1 aliphatic rings. The summed E-state index contributed by atoms with van der Waals surface area (Å²) < 4.78 is 43.6. The quantitative estimate of drug-likeness (QED) is 0.479. The first-order chi connectivity index (χ1) is 14.1. The fourth-order valence-electron chi connectivity index (χ4n) is 3.44. The normalized spacial score (nSPS) is 19.3. The highest BCUT2D eigenvalue weighted by Gasteiger charge is 2.41. The van der Waals surface area contributed by atoms with Gasteiger partial charge in [0.1, 0.15) is 5.82 Å². The van der Waals surface area contributed by atoms with Gasteiger partial charge < -0.3 is 20.3 Å². The van der Waals surface area contributed by atoms with Crippen LogP contribution in [0.5, 0.6) is 0 Å². The summed E-state index contributed by atoms with van der Waals surface area (Å²) in [6.45, 7) is 0.716. The highest BCUT2D eigenvalue weighted by atomic mass is 19.4. The van der Waals surface area contributed by atoms with Crippen LogP contribution >= 0.6 is 0 Å². The molecule has 0 aromatic carbocycles. The summed E-state index contributed by atoms with van der Waals surface area (Å²) in [4.78, 5) is 29.5. The van der Waals surface area contributed by atoms with Gasteiger partial charge in [-0.05, 0) is 25.7 Å². The van der Waals surface area contributed by atoms with Gasteiger partial charge in [-0.25, -0.2) is 4.98 Å². The van der Waals surface area contributed by atoms with Gasteiger partial charge >= 0.3 is 11.9 Å². The molecular formula is C18H26F3N5O4. The number of halogens is 3. The predicted molar refractivity (Wildman–Crippen MR) is 105 cm³/mol. The SMILES string of the molecule is CNc1nc(N(C)CCOC)c(C(=O)NC2CCC(C(F)(F)F)CC2)cc1[N+](=O)[O-]. The Kier molecular flexibility index (Phi) is 7.82. The Morgan fingerprint density at radius 1 is 1.37 bits per heavy atom. The fourth-order valence-corrected chi connectivity index (χ4v) is 3.44. The molecule has 12 heteroatoms. The minimum Gasteiger partial charge on any atom is -0.383 e. The lowest BCUT2D eigenvalue weighted by Crippen LogP contribution is -2.40. The van der Waals surface area contributed by atoms with Crippen LogP contribution in [0.25, 0.3) is 0 Å². The third kappa shape index (κ3) is 5.71. The number of carbonyl (C=O) groups excluding carboxylic acids is 1. The molecule has 0 spiro atoms. The number of alkyl halides is 3. The molecule has 1 fully saturated rings. The van der Waals surface area contributed by atoms with Gasteiger partial charge in [0, 0.05) is 39.9 Å². The van der Waals surface area contributed by atoms with Crippen LogP contribution < -0.4 is 15.5 Å². The van der Waals surface area contributed by atoms with Crippen molar-refractivity contribution in [2.24, 2.45) is 5.92 Å². The molecule has 168 valence electrons. The van der Waals surface area contributed by atoms with Gasteiger partial charge in [0.15, 0.2) is 0 Å². The van der Waals surface area contributed by atoms with Gasteiger partial charge in [0.2, 0.25) is 5.82 Å². The summed E-state index contributed by atoms with van der Waals surface area (Å²) in [6.07, 6.45) is -3.98. The molecule has 30 heavy (non-hydrogen) atoms. The zero-order valence-electron chi connectivity index (χ0n) is 17.1. The van der Waals surface area contributed by atoms with Crippen molar-refractivity contribution in [2.45, 2.75) is 37.9 Å². The lowest BCUT2D eigenvalue weighted by molar-refractivity contribution is -0.384. The van der Waals surface area contributed by atoms with E-state index in [-0.39, 0.29) is 48.6 Å². The van der Waals surface area contributed by atoms with Crippen molar-refractivity contribution in [3.63, 3.8) is 0 Å². The van der Waals surface area contributed by atoms with Crippen LogP contribution in [0.15, 0.2) is 6.07 Å². The first-order valence-electron chi connectivity index (χ1n) is 9.53. The number of amides is 1. The highest BCUT2D eigenvalue weighted by Crippen LogP contribution is 2.37. The summed E-state index contributed by atoms with van der Waals surface area (Å²) in [7, 11) is 4.66. The number of aromatic nitrogens is 1. The van der Waals surface area contributed by atoms with E-state index in [1.54, 1.807) is 11.9 Å². The van der Waals surface area contributed by atoms with Crippen molar-refractivity contribution in [1.82, 2.24) is 10.3 Å². The number of nitrogens with zero attached hydrogens (tertiary/aromatic N) is 3. The lowest BCUT2D eigenvalue weighted by atomic mass is 9.85. The molecule has 1 amide bonds. The van der Waals surface area contributed by atoms with Crippen LogP contribution in [0.3, 0.4) is 0 Å². The number of pyridine rings is 1. The number of methoxy groups -OCH3 is 1. The minimum atomic E-state index is -4.24. The molecular weight excluding hydrogens is 407 g/mol. The first-order valence-corrected chi connectivity index (χ1v) is 9.53. The van der Waals surface area contributed by atoms with Gasteiger partial charge in [-0.3, -0.25) is 14.9 Å². The van der Waals surface area contributed by atoms with Crippen molar-refractivity contribution in [1.29, 1.82) is 0 Å². The van der Waals surface area contributed by atoms with Crippen LogP contribution in [0.1, 0.15) is 36.0 Å². The van der Waals surface area contributed by atoms with Crippen molar-refractivity contribution in [2.75, 3.05) is 44.6 Å². The Bertz CT molecular complexity index is 767. The monoisotopic (exact) mass is 433 g/mol. The average molecular weight is 433 g/mol. The second-order valence-corrected chi connectivity index (χ2v) is 7.21. The Morgan fingerprint density at radius 2 is 2.00 bits per heavy atom. The number of nitrogens with one attached hydrogen (secondary N) is 2. The van der Waals surface area contributed by atoms with E-state index >= 15 is 0 Å². The van der Waals surface area contributed by atoms with Crippen molar-refractivity contribution >= 4 is 23.2 Å². The number of rotatable bonds is 8. The van der Waals surface area contributed by atoms with Crippen molar-refractivity contribution < 1.29 is 27.6 Å². The summed E-state index contributed by atoms with van der Waals surface area (Å²) in [6, 6.07) is 0.699. The molecule has 2 N–H and O–H groups in total. The third-order valence-corrected chi connectivity index (χ3v) is 5.18. The van der Waals surface area contributed by atoms with E-state index in [1.165, 1.54) is 14.2 Å². The third-order valence-electron chi connectivity index (χ3n) is 5.18. The topological polar surface area (TPSA) is 110 Å². The fraction of sp³-hybridized carbons (Fsp3) is 0.667. The second kappa shape index (κ2) is 9.92. The average Bonchev–Trinajstić information content (AvgIpc) is 2.70. The van der Waals surface area contributed by atoms with Crippen LogP contribution in [-0.4, -0.2) is 62.4 Å². The second-order valence-electron chi connectivity index (χ2n) is 7.21. The molecule has 0 aliphatic heterocycles. The molecule has 1 saturated carbocycles. The number of likely N-dealkylation sites (N-methyl/N-ethyl adjacent to an activating group) is 1. The van der Waals surface area contributed by atoms with Crippen molar-refractivity contribution in [3.05, 3.63) is 21.7 Å². The Labute approximate surface area is 172 Å². The van der Waals surface area contributed by atoms with Crippen LogP contribution in [0.4, 0.5) is 30.5 Å². The molecule has 0 unspecified atom stereocenters. The van der Waals surface area contributed by atoms with Crippen molar-refractivity contribution in [3.8, 4) is 0 Å². The van der Waals surface area contributed by atoms with E-state index in [0.29, 0.717) is 13.2 Å². The summed E-state index contributed by atoms with van der Waals surface area (Å²) in [5, 5.41) is 16.7. The summed E-state index contributed by atoms with van der Waals surface area (Å²) in [5.74, 6) is -1.76. The van der Waals surface area contributed by atoms with E-state index in [2.05, 4.69) is 15.6 Å². The largest absolute Gasteiger partial charge is 0.391 e. The van der Waals surface area contributed by atoms with E-state index in [1.807, 2.05) is 0 Å². The van der Waals surface area contributed by atoms with Gasteiger partial charge in [0.05, 0.1) is 23.0 Å². The Balaban J connectivity index is 2.26. The van der Waals surface area contributed by atoms with Crippen LogP contribution in [0, 0.1) is 16.0 Å². The molecule has 0 bridgehead atoms. The Hall–Kier alpha value is -2.63. The van der Waals surface area contributed by atoms with E-state index < -0.39 is 29.0 Å². The van der Waals surface area contributed by atoms with Crippen LogP contribution in [0.2, 0.25) is 0 Å². The zero-order valence-corrected chi connectivity index (χ0v) is 17.1. The number of carbonyl (C=O) groups is 1. The molecule has 1 aliphatic carbocycles. The highest BCUT2D eigenvalue weighted by molar-refractivity contribution is 6.00. The van der Waals surface area contributed by atoms with Gasteiger partial charge in [0.25, 0.3) is 5.91 Å².